The van der Waals surface area contributed by atoms with Crippen LogP contribution in [-0.4, -0.2) is 30.6 Å². The molecule has 0 saturated heterocycles. The fraction of sp³-hybridized carbons (Fsp3) is 0.500. The molecule has 164 valence electrons. The van der Waals surface area contributed by atoms with Gasteiger partial charge in [0.1, 0.15) is 5.01 Å². The molecule has 0 radical (unpaired) electrons. The van der Waals surface area contributed by atoms with Gasteiger partial charge in [0.15, 0.2) is 0 Å². The summed E-state index contributed by atoms with van der Waals surface area (Å²) in [5.41, 5.74) is -1.30. The second-order valence-electron chi connectivity index (χ2n) is 7.11. The number of halogens is 3. The number of anilines is 1. The Kier molecular flexibility index (Phi) is 6.78. The lowest BCUT2D eigenvalue weighted by Gasteiger charge is -2.18. The standard InChI is InChI=1S/C18H21F3N4O3S2/c1-11(25-30(27,28)14-10-6-5-9-13(14)18(19,20)21)15(26)22-17-24-23-16(29-17)12-7-3-2-4-8-12/h5-6,9-12,25H,2-4,7-8H2,1H3,(H,22,24,26)/t11-/m1/s1. The number of amides is 1. The van der Waals surface area contributed by atoms with Crippen LogP contribution < -0.4 is 10.0 Å². The molecule has 3 rings (SSSR count). The molecule has 12 heteroatoms. The molecule has 1 aliphatic rings. The van der Waals surface area contributed by atoms with Crippen molar-refractivity contribution in [1.82, 2.24) is 14.9 Å². The smallest absolute Gasteiger partial charge is 0.299 e. The molecule has 1 fully saturated rings. The molecule has 2 aromatic rings. The predicted octanol–water partition coefficient (Wildman–Crippen LogP) is 3.91. The monoisotopic (exact) mass is 462 g/mol. The molecule has 0 bridgehead atoms. The first-order valence-corrected chi connectivity index (χ1v) is 11.7. The van der Waals surface area contributed by atoms with E-state index in [1.54, 1.807) is 0 Å². The van der Waals surface area contributed by atoms with Crippen molar-refractivity contribution in [2.24, 2.45) is 0 Å². The van der Waals surface area contributed by atoms with Crippen LogP contribution in [0.15, 0.2) is 29.2 Å². The van der Waals surface area contributed by atoms with Crippen molar-refractivity contribution in [3.63, 3.8) is 0 Å². The zero-order valence-corrected chi connectivity index (χ0v) is 17.7. The lowest BCUT2D eigenvalue weighted by Crippen LogP contribution is -2.42. The Balaban J connectivity index is 1.68. The van der Waals surface area contributed by atoms with Gasteiger partial charge in [-0.15, -0.1) is 10.2 Å². The summed E-state index contributed by atoms with van der Waals surface area (Å²) in [6, 6.07) is 2.47. The highest BCUT2D eigenvalue weighted by Gasteiger charge is 2.37. The third-order valence-corrected chi connectivity index (χ3v) is 7.43. The molecule has 0 unspecified atom stereocenters. The van der Waals surface area contributed by atoms with E-state index >= 15 is 0 Å². The fourth-order valence-corrected chi connectivity index (χ4v) is 5.64. The largest absolute Gasteiger partial charge is 0.417 e. The number of carbonyl (C=O) groups excluding carboxylic acids is 1. The Bertz CT molecular complexity index is 1000. The van der Waals surface area contributed by atoms with Gasteiger partial charge in [0.25, 0.3) is 0 Å². The number of benzene rings is 1. The van der Waals surface area contributed by atoms with Crippen LogP contribution in [0.1, 0.15) is 55.5 Å². The lowest BCUT2D eigenvalue weighted by molar-refractivity contribution is -0.139. The topological polar surface area (TPSA) is 101 Å². The van der Waals surface area contributed by atoms with Gasteiger partial charge in [-0.3, -0.25) is 10.1 Å². The van der Waals surface area contributed by atoms with E-state index in [9.17, 15) is 26.4 Å². The minimum atomic E-state index is -4.85. The van der Waals surface area contributed by atoms with E-state index in [2.05, 4.69) is 15.5 Å². The van der Waals surface area contributed by atoms with E-state index < -0.39 is 38.6 Å². The summed E-state index contributed by atoms with van der Waals surface area (Å²) in [5, 5.41) is 11.5. The number of rotatable bonds is 6. The van der Waals surface area contributed by atoms with Crippen LogP contribution >= 0.6 is 11.3 Å². The van der Waals surface area contributed by atoms with Gasteiger partial charge in [-0.05, 0) is 31.9 Å². The summed E-state index contributed by atoms with van der Waals surface area (Å²) in [7, 11) is -4.59. The molecule has 1 amide bonds. The van der Waals surface area contributed by atoms with Crippen molar-refractivity contribution in [3.05, 3.63) is 34.8 Å². The minimum absolute atomic E-state index is 0.224. The average molecular weight is 463 g/mol. The number of nitrogens with zero attached hydrogens (tertiary/aromatic N) is 2. The maximum absolute atomic E-state index is 13.1. The molecule has 30 heavy (non-hydrogen) atoms. The number of carbonyl (C=O) groups is 1. The molecule has 1 heterocycles. The predicted molar refractivity (Wildman–Crippen MR) is 106 cm³/mol. The number of alkyl halides is 3. The highest BCUT2D eigenvalue weighted by Crippen LogP contribution is 2.35. The summed E-state index contributed by atoms with van der Waals surface area (Å²) < 4.78 is 66.3. The zero-order chi connectivity index (χ0) is 21.9. The molecule has 1 atom stereocenters. The Labute approximate surface area is 176 Å². The normalized spacial score (nSPS) is 16.9. The number of hydrogen-bond acceptors (Lipinski definition) is 6. The highest BCUT2D eigenvalue weighted by molar-refractivity contribution is 7.89. The third-order valence-electron chi connectivity index (χ3n) is 4.83. The molecule has 1 saturated carbocycles. The van der Waals surface area contributed by atoms with E-state index in [0.717, 1.165) is 42.8 Å². The van der Waals surface area contributed by atoms with Gasteiger partial charge in [0, 0.05) is 5.92 Å². The minimum Gasteiger partial charge on any atom is -0.299 e. The number of aromatic nitrogens is 2. The second kappa shape index (κ2) is 8.98. The van der Waals surface area contributed by atoms with E-state index in [0.29, 0.717) is 12.0 Å². The van der Waals surface area contributed by atoms with E-state index in [1.807, 2.05) is 4.72 Å². The molecular weight excluding hydrogens is 441 g/mol. The van der Waals surface area contributed by atoms with Crippen LogP contribution in [0.2, 0.25) is 0 Å². The van der Waals surface area contributed by atoms with E-state index in [4.69, 9.17) is 0 Å². The number of nitrogens with one attached hydrogen (secondary N) is 2. The summed E-state index contributed by atoms with van der Waals surface area (Å²) in [5.74, 6) is -0.439. The quantitative estimate of drug-likeness (QED) is 0.678. The molecule has 1 aromatic heterocycles. The molecule has 7 nitrogen and oxygen atoms in total. The van der Waals surface area contributed by atoms with Crippen LogP contribution in [0.4, 0.5) is 18.3 Å². The van der Waals surface area contributed by atoms with Crippen LogP contribution in [-0.2, 0) is 21.0 Å². The molecule has 0 aliphatic heterocycles. The maximum atomic E-state index is 13.1. The number of sulfonamides is 1. The zero-order valence-electron chi connectivity index (χ0n) is 16.1. The van der Waals surface area contributed by atoms with E-state index in [-0.39, 0.29) is 5.13 Å². The van der Waals surface area contributed by atoms with E-state index in [1.165, 1.54) is 30.7 Å². The van der Waals surface area contributed by atoms with Crippen LogP contribution in [0, 0.1) is 0 Å². The van der Waals surface area contributed by atoms with Gasteiger partial charge in [-0.2, -0.15) is 17.9 Å². The Hall–Kier alpha value is -2.05. The first-order chi connectivity index (χ1) is 14.1. The van der Waals surface area contributed by atoms with Gasteiger partial charge < -0.3 is 0 Å². The Morgan fingerprint density at radius 1 is 1.17 bits per heavy atom. The van der Waals surface area contributed by atoms with Crippen LogP contribution in [0.3, 0.4) is 0 Å². The Morgan fingerprint density at radius 2 is 1.83 bits per heavy atom. The SMILES string of the molecule is C[C@@H](NS(=O)(=O)c1ccccc1C(F)(F)F)C(=O)Nc1nnc(C2CCCCC2)s1. The van der Waals surface area contributed by atoms with Gasteiger partial charge >= 0.3 is 6.18 Å². The van der Waals surface area contributed by atoms with Crippen molar-refractivity contribution < 1.29 is 26.4 Å². The molecule has 1 aliphatic carbocycles. The highest BCUT2D eigenvalue weighted by atomic mass is 32.2. The second-order valence-corrected chi connectivity index (χ2v) is 9.80. The lowest BCUT2D eigenvalue weighted by atomic mass is 9.90. The molecule has 2 N–H and O–H groups in total. The molecular formula is C18H21F3N4O3S2. The number of hydrogen-bond donors (Lipinski definition) is 2. The fourth-order valence-electron chi connectivity index (χ4n) is 3.30. The summed E-state index contributed by atoms with van der Waals surface area (Å²) in [6.45, 7) is 1.24. The first kappa shape index (κ1) is 22.6. The van der Waals surface area contributed by atoms with Crippen molar-refractivity contribution in [3.8, 4) is 0 Å². The maximum Gasteiger partial charge on any atom is 0.417 e. The van der Waals surface area contributed by atoms with Gasteiger partial charge in [0.2, 0.25) is 21.1 Å². The van der Waals surface area contributed by atoms with Crippen molar-refractivity contribution in [2.75, 3.05) is 5.32 Å². The van der Waals surface area contributed by atoms with Gasteiger partial charge in [-0.1, -0.05) is 42.7 Å². The third kappa shape index (κ3) is 5.35. The van der Waals surface area contributed by atoms with Gasteiger partial charge in [-0.25, -0.2) is 8.42 Å². The van der Waals surface area contributed by atoms with Crippen LogP contribution in [0.25, 0.3) is 0 Å². The first-order valence-electron chi connectivity index (χ1n) is 9.41. The summed E-state index contributed by atoms with van der Waals surface area (Å²) >= 11 is 1.23. The summed E-state index contributed by atoms with van der Waals surface area (Å²) in [6.07, 6.45) is 0.593. The Morgan fingerprint density at radius 3 is 2.50 bits per heavy atom. The van der Waals surface area contributed by atoms with Crippen LogP contribution in [0.5, 0.6) is 0 Å². The average Bonchev–Trinajstić information content (AvgIpc) is 3.16. The van der Waals surface area contributed by atoms with Crippen molar-refractivity contribution >= 4 is 32.4 Å². The van der Waals surface area contributed by atoms with Gasteiger partial charge in [0.05, 0.1) is 16.5 Å². The summed E-state index contributed by atoms with van der Waals surface area (Å²) in [4.78, 5) is 11.4. The van der Waals surface area contributed by atoms with Crippen molar-refractivity contribution in [2.45, 2.75) is 62.1 Å². The van der Waals surface area contributed by atoms with Crippen molar-refractivity contribution in [1.29, 1.82) is 0 Å². The molecule has 0 spiro atoms. The molecule has 1 aromatic carbocycles.